The van der Waals surface area contributed by atoms with E-state index in [9.17, 15) is 8.42 Å². The highest BCUT2D eigenvalue weighted by atomic mass is 32.2. The summed E-state index contributed by atoms with van der Waals surface area (Å²) < 4.78 is 46.2. The van der Waals surface area contributed by atoms with Crippen LogP contribution in [0, 0.1) is 6.92 Å². The summed E-state index contributed by atoms with van der Waals surface area (Å²) in [7, 11) is -5.64. The molecule has 2 heterocycles. The van der Waals surface area contributed by atoms with Crippen LogP contribution in [-0.2, 0) is 23.9 Å². The predicted molar refractivity (Wildman–Crippen MR) is 125 cm³/mol. The summed E-state index contributed by atoms with van der Waals surface area (Å²) in [5.41, 5.74) is 1.03. The van der Waals surface area contributed by atoms with Crippen LogP contribution in [0.1, 0.15) is 39.2 Å². The third-order valence-corrected chi connectivity index (χ3v) is 13.0. The molecule has 0 spiro atoms. The van der Waals surface area contributed by atoms with Gasteiger partial charge in [-0.1, -0.05) is 50.6 Å². The minimum absolute atomic E-state index is 0.0682. The lowest BCUT2D eigenvalue weighted by molar-refractivity contribution is -0.0380. The second-order valence-corrected chi connectivity index (χ2v) is 16.7. The third-order valence-electron chi connectivity index (χ3n) is 6.53. The van der Waals surface area contributed by atoms with Gasteiger partial charge in [0.15, 0.2) is 14.6 Å². The molecule has 1 aromatic rings. The Balaban J connectivity index is 1.81. The molecular weight excluding hydrogens is 430 g/mol. The molecule has 0 unspecified atom stereocenters. The molecule has 174 valence electrons. The largest absolute Gasteiger partial charge is 0.413 e. The van der Waals surface area contributed by atoms with Crippen LogP contribution in [-0.4, -0.2) is 59.2 Å². The van der Waals surface area contributed by atoms with E-state index < -0.39 is 18.3 Å². The molecule has 2 aliphatic heterocycles. The van der Waals surface area contributed by atoms with Crippen LogP contribution in [0.15, 0.2) is 41.3 Å². The number of hydrogen-bond donors (Lipinski definition) is 0. The Morgan fingerprint density at radius 2 is 1.77 bits per heavy atom. The van der Waals surface area contributed by atoms with Crippen molar-refractivity contribution < 1.29 is 22.3 Å². The molecule has 0 N–H and O–H groups in total. The molecule has 6 nitrogen and oxygen atoms in total. The van der Waals surface area contributed by atoms with E-state index in [-0.39, 0.29) is 23.5 Å². The van der Waals surface area contributed by atoms with Crippen molar-refractivity contribution in [1.82, 2.24) is 4.31 Å². The Bertz CT molecular complexity index is 870. The number of benzene rings is 1. The van der Waals surface area contributed by atoms with E-state index in [1.807, 2.05) is 31.2 Å². The molecule has 31 heavy (non-hydrogen) atoms. The van der Waals surface area contributed by atoms with Gasteiger partial charge in [0.25, 0.3) is 0 Å². The van der Waals surface area contributed by atoms with Gasteiger partial charge in [-0.15, -0.1) is 0 Å². The van der Waals surface area contributed by atoms with Gasteiger partial charge in [-0.2, -0.15) is 4.31 Å². The second kappa shape index (κ2) is 9.45. The Labute approximate surface area is 188 Å². The predicted octanol–water partition coefficient (Wildman–Crippen LogP) is 4.47. The van der Waals surface area contributed by atoms with Crippen LogP contribution in [0.3, 0.4) is 0 Å². The number of hydrogen-bond acceptors (Lipinski definition) is 5. The minimum atomic E-state index is -3.62. The molecular formula is C23H37NO5SSi. The fourth-order valence-electron chi connectivity index (χ4n) is 3.66. The minimum Gasteiger partial charge on any atom is -0.413 e. The molecule has 2 fully saturated rings. The van der Waals surface area contributed by atoms with Crippen LogP contribution in [0.4, 0.5) is 0 Å². The zero-order chi connectivity index (χ0) is 22.9. The average molecular weight is 468 g/mol. The summed E-state index contributed by atoms with van der Waals surface area (Å²) in [6.07, 6.45) is 4.87. The van der Waals surface area contributed by atoms with Gasteiger partial charge in [-0.25, -0.2) is 8.42 Å². The molecule has 0 aromatic heterocycles. The third kappa shape index (κ3) is 5.86. The number of aryl methyl sites for hydroxylation is 1. The highest BCUT2D eigenvalue weighted by molar-refractivity contribution is 7.89. The number of rotatable bonds is 7. The Morgan fingerprint density at radius 3 is 2.35 bits per heavy atom. The summed E-state index contributed by atoms with van der Waals surface area (Å²) in [5, 5.41) is 0.0682. The van der Waals surface area contributed by atoms with Gasteiger partial charge in [-0.3, -0.25) is 0 Å². The van der Waals surface area contributed by atoms with Crippen molar-refractivity contribution in [3.05, 3.63) is 42.0 Å². The van der Waals surface area contributed by atoms with Crippen molar-refractivity contribution in [2.75, 3.05) is 19.8 Å². The van der Waals surface area contributed by atoms with Gasteiger partial charge >= 0.3 is 0 Å². The Morgan fingerprint density at radius 1 is 1.16 bits per heavy atom. The van der Waals surface area contributed by atoms with E-state index in [1.54, 1.807) is 16.4 Å². The maximum absolute atomic E-state index is 13.5. The summed E-state index contributed by atoms with van der Waals surface area (Å²) in [4.78, 5) is 0.326. The molecule has 2 saturated heterocycles. The van der Waals surface area contributed by atoms with Gasteiger partial charge in [-0.05, 0) is 43.6 Å². The molecule has 0 bridgehead atoms. The SMILES string of the molecule is Cc1ccc(S(=O)(=O)N2C[C@H](O[Si](C)(C)C(C)(C)C)C[C@H]2/C=C/CC2OCCO2)cc1. The zero-order valence-electron chi connectivity index (χ0n) is 19.6. The smallest absolute Gasteiger partial charge is 0.243 e. The molecule has 0 radical (unpaired) electrons. The standard InChI is InChI=1S/C23H37NO5SSi/c1-18-10-12-21(13-11-18)30(25,26)24-17-20(29-31(5,6)23(2,3)4)16-19(24)8-7-9-22-27-14-15-28-22/h7-8,10-13,19-20,22H,9,14-17H2,1-6H3/b8-7+/t19-,20-/m1/s1. The topological polar surface area (TPSA) is 65.1 Å². The number of sulfonamides is 1. The first-order valence-corrected chi connectivity index (χ1v) is 15.4. The molecule has 3 rings (SSSR count). The molecule has 0 aliphatic carbocycles. The van der Waals surface area contributed by atoms with E-state index in [0.717, 1.165) is 5.56 Å². The van der Waals surface area contributed by atoms with Gasteiger partial charge in [0.05, 0.1) is 24.2 Å². The highest BCUT2D eigenvalue weighted by Gasteiger charge is 2.45. The lowest BCUT2D eigenvalue weighted by Gasteiger charge is -2.38. The first-order valence-electron chi connectivity index (χ1n) is 11.1. The quantitative estimate of drug-likeness (QED) is 0.437. The fourth-order valence-corrected chi connectivity index (χ4v) is 6.65. The fraction of sp³-hybridized carbons (Fsp3) is 0.652. The summed E-state index contributed by atoms with van der Waals surface area (Å²) in [6.45, 7) is 14.6. The van der Waals surface area contributed by atoms with E-state index in [4.69, 9.17) is 13.9 Å². The lowest BCUT2D eigenvalue weighted by Crippen LogP contribution is -2.44. The maximum Gasteiger partial charge on any atom is 0.243 e. The van der Waals surface area contributed by atoms with Crippen LogP contribution in [0.5, 0.6) is 0 Å². The molecule has 2 aliphatic rings. The van der Waals surface area contributed by atoms with Crippen molar-refractivity contribution in [2.24, 2.45) is 0 Å². The van der Waals surface area contributed by atoms with Crippen LogP contribution < -0.4 is 0 Å². The van der Waals surface area contributed by atoms with Crippen molar-refractivity contribution in [1.29, 1.82) is 0 Å². The van der Waals surface area contributed by atoms with Crippen LogP contribution >= 0.6 is 0 Å². The van der Waals surface area contributed by atoms with Crippen molar-refractivity contribution in [3.8, 4) is 0 Å². The summed E-state index contributed by atoms with van der Waals surface area (Å²) in [5.74, 6) is 0. The summed E-state index contributed by atoms with van der Waals surface area (Å²) in [6, 6.07) is 6.81. The molecule has 1 aromatic carbocycles. The Kier molecular flexibility index (Phi) is 7.50. The first-order chi connectivity index (χ1) is 14.4. The van der Waals surface area contributed by atoms with Crippen LogP contribution in [0.2, 0.25) is 18.1 Å². The molecule has 2 atom stereocenters. The molecule has 8 heteroatoms. The van der Waals surface area contributed by atoms with Crippen molar-refractivity contribution in [2.45, 2.75) is 82.0 Å². The van der Waals surface area contributed by atoms with E-state index >= 15 is 0 Å². The zero-order valence-corrected chi connectivity index (χ0v) is 21.4. The molecule has 0 saturated carbocycles. The average Bonchev–Trinajstić information content (AvgIpc) is 3.31. The van der Waals surface area contributed by atoms with Crippen molar-refractivity contribution >= 4 is 18.3 Å². The van der Waals surface area contributed by atoms with Crippen LogP contribution in [0.25, 0.3) is 0 Å². The van der Waals surface area contributed by atoms with E-state index in [1.165, 1.54) is 0 Å². The second-order valence-electron chi connectivity index (χ2n) is 10.0. The summed E-state index contributed by atoms with van der Waals surface area (Å²) >= 11 is 0. The number of ether oxygens (including phenoxy) is 2. The van der Waals surface area contributed by atoms with Crippen molar-refractivity contribution in [3.63, 3.8) is 0 Å². The van der Waals surface area contributed by atoms with Gasteiger partial charge in [0.2, 0.25) is 10.0 Å². The lowest BCUT2D eigenvalue weighted by atomic mass is 10.2. The monoisotopic (exact) mass is 467 g/mol. The number of nitrogens with zero attached hydrogens (tertiary/aromatic N) is 1. The first kappa shape index (κ1) is 24.6. The maximum atomic E-state index is 13.5. The van der Waals surface area contributed by atoms with E-state index in [2.05, 4.69) is 33.9 Å². The molecule has 0 amide bonds. The Hall–Kier alpha value is -1.03. The van der Waals surface area contributed by atoms with E-state index in [0.29, 0.717) is 37.5 Å². The highest BCUT2D eigenvalue weighted by Crippen LogP contribution is 2.39. The van der Waals surface area contributed by atoms with Gasteiger partial charge in [0.1, 0.15) is 0 Å². The normalized spacial score (nSPS) is 24.5. The van der Waals surface area contributed by atoms with Gasteiger partial charge in [0, 0.05) is 19.0 Å². The van der Waals surface area contributed by atoms with Gasteiger partial charge < -0.3 is 13.9 Å².